The second kappa shape index (κ2) is 10.8. The van der Waals surface area contributed by atoms with Crippen molar-refractivity contribution in [3.05, 3.63) is 35.1 Å². The van der Waals surface area contributed by atoms with Gasteiger partial charge in [0.05, 0.1) is 6.04 Å². The van der Waals surface area contributed by atoms with Crippen LogP contribution >= 0.6 is 24.0 Å². The zero-order valence-corrected chi connectivity index (χ0v) is 15.4. The van der Waals surface area contributed by atoms with Crippen LogP contribution in [0.15, 0.2) is 23.2 Å². The van der Waals surface area contributed by atoms with Gasteiger partial charge < -0.3 is 15.4 Å². The normalized spacial score (nSPS) is 12.5. The minimum Gasteiger partial charge on any atom is -0.385 e. The number of hydrogen-bond donors (Lipinski definition) is 2. The Morgan fingerprint density at radius 3 is 2.71 bits per heavy atom. The number of methoxy groups -OCH3 is 1. The van der Waals surface area contributed by atoms with E-state index in [9.17, 15) is 4.39 Å². The molecule has 120 valence electrons. The summed E-state index contributed by atoms with van der Waals surface area (Å²) in [4.78, 5) is 4.15. The Morgan fingerprint density at radius 2 is 2.14 bits per heavy atom. The van der Waals surface area contributed by atoms with Crippen molar-refractivity contribution in [1.82, 2.24) is 10.6 Å². The molecule has 2 N–H and O–H groups in total. The highest BCUT2D eigenvalue weighted by Crippen LogP contribution is 2.16. The molecule has 0 spiro atoms. The molecule has 1 atom stereocenters. The van der Waals surface area contributed by atoms with Crippen molar-refractivity contribution in [2.24, 2.45) is 4.99 Å². The molecule has 0 bridgehead atoms. The van der Waals surface area contributed by atoms with Crippen LogP contribution in [-0.2, 0) is 4.74 Å². The minimum absolute atomic E-state index is 0. The maximum Gasteiger partial charge on any atom is 0.191 e. The largest absolute Gasteiger partial charge is 0.385 e. The van der Waals surface area contributed by atoms with E-state index in [0.717, 1.165) is 18.5 Å². The molecule has 0 aromatic heterocycles. The second-order valence-electron chi connectivity index (χ2n) is 4.72. The first-order valence-corrected chi connectivity index (χ1v) is 6.80. The fourth-order valence-corrected chi connectivity index (χ4v) is 1.78. The third-order valence-electron chi connectivity index (χ3n) is 3.09. The van der Waals surface area contributed by atoms with E-state index in [0.29, 0.717) is 18.1 Å². The summed E-state index contributed by atoms with van der Waals surface area (Å²) in [6.45, 7) is 5.23. The maximum atomic E-state index is 13.6. The Labute approximate surface area is 143 Å². The van der Waals surface area contributed by atoms with Crippen LogP contribution in [-0.4, -0.2) is 33.3 Å². The molecule has 0 radical (unpaired) electrons. The number of ether oxygens (including phenoxy) is 1. The zero-order valence-electron chi connectivity index (χ0n) is 13.1. The first-order valence-electron chi connectivity index (χ1n) is 6.80. The molecule has 0 saturated carbocycles. The summed E-state index contributed by atoms with van der Waals surface area (Å²) >= 11 is 0. The lowest BCUT2D eigenvalue weighted by molar-refractivity contribution is 0.195. The van der Waals surface area contributed by atoms with Crippen LogP contribution in [0.3, 0.4) is 0 Å². The van der Waals surface area contributed by atoms with Crippen LogP contribution < -0.4 is 10.6 Å². The van der Waals surface area contributed by atoms with Gasteiger partial charge in [-0.2, -0.15) is 0 Å². The average Bonchev–Trinajstić information content (AvgIpc) is 2.44. The van der Waals surface area contributed by atoms with E-state index in [1.807, 2.05) is 13.0 Å². The Balaban J connectivity index is 0.00000400. The van der Waals surface area contributed by atoms with E-state index in [-0.39, 0.29) is 35.8 Å². The predicted octanol–water partition coefficient (Wildman–Crippen LogP) is 3.01. The molecule has 1 aromatic carbocycles. The topological polar surface area (TPSA) is 45.7 Å². The lowest BCUT2D eigenvalue weighted by Crippen LogP contribution is -2.39. The van der Waals surface area contributed by atoms with Crippen LogP contribution in [0.1, 0.15) is 30.5 Å². The summed E-state index contributed by atoms with van der Waals surface area (Å²) in [5.74, 6) is 0.522. The van der Waals surface area contributed by atoms with E-state index in [1.54, 1.807) is 33.2 Å². The third-order valence-corrected chi connectivity index (χ3v) is 3.09. The molecule has 0 saturated heterocycles. The summed E-state index contributed by atoms with van der Waals surface area (Å²) < 4.78 is 18.5. The minimum atomic E-state index is -0.181. The van der Waals surface area contributed by atoms with Crippen molar-refractivity contribution in [2.75, 3.05) is 27.3 Å². The van der Waals surface area contributed by atoms with Gasteiger partial charge in [-0.25, -0.2) is 4.39 Å². The highest BCUT2D eigenvalue weighted by atomic mass is 127. The average molecular weight is 409 g/mol. The maximum absolute atomic E-state index is 13.6. The standard InChI is InChI=1S/C15H24FN3O.HI/c1-11-6-7-13(10-14(11)16)12(2)19-15(17-3)18-8-5-9-20-4;/h6-7,10,12H,5,8-9H2,1-4H3,(H2,17,18,19);1H. The van der Waals surface area contributed by atoms with Gasteiger partial charge in [0.25, 0.3) is 0 Å². The molecule has 4 nitrogen and oxygen atoms in total. The van der Waals surface area contributed by atoms with Crippen molar-refractivity contribution >= 4 is 29.9 Å². The smallest absolute Gasteiger partial charge is 0.191 e. The number of nitrogens with one attached hydrogen (secondary N) is 2. The molecule has 0 amide bonds. The van der Waals surface area contributed by atoms with Crippen molar-refractivity contribution in [2.45, 2.75) is 26.3 Å². The van der Waals surface area contributed by atoms with Crippen molar-refractivity contribution in [3.8, 4) is 0 Å². The lowest BCUT2D eigenvalue weighted by atomic mass is 10.1. The van der Waals surface area contributed by atoms with Crippen molar-refractivity contribution < 1.29 is 9.13 Å². The molecule has 6 heteroatoms. The number of rotatable bonds is 6. The lowest BCUT2D eigenvalue weighted by Gasteiger charge is -2.18. The molecule has 0 fully saturated rings. The summed E-state index contributed by atoms with van der Waals surface area (Å²) in [5.41, 5.74) is 1.55. The molecular formula is C15H25FIN3O. The second-order valence-corrected chi connectivity index (χ2v) is 4.72. The van der Waals surface area contributed by atoms with Gasteiger partial charge in [0.15, 0.2) is 5.96 Å². The van der Waals surface area contributed by atoms with E-state index in [2.05, 4.69) is 15.6 Å². The van der Waals surface area contributed by atoms with Crippen LogP contribution in [0.25, 0.3) is 0 Å². The quantitative estimate of drug-likeness (QED) is 0.329. The molecule has 21 heavy (non-hydrogen) atoms. The van der Waals surface area contributed by atoms with Gasteiger partial charge in [-0.05, 0) is 37.5 Å². The number of aryl methyl sites for hydroxylation is 1. The van der Waals surface area contributed by atoms with Crippen LogP contribution in [0.4, 0.5) is 4.39 Å². The molecule has 0 aliphatic heterocycles. The summed E-state index contributed by atoms with van der Waals surface area (Å²) in [6.07, 6.45) is 0.907. The zero-order chi connectivity index (χ0) is 15.0. The molecule has 1 rings (SSSR count). The summed E-state index contributed by atoms with van der Waals surface area (Å²) in [7, 11) is 3.40. The van der Waals surface area contributed by atoms with E-state index < -0.39 is 0 Å². The number of benzene rings is 1. The van der Waals surface area contributed by atoms with Crippen molar-refractivity contribution in [1.29, 1.82) is 0 Å². The number of halogens is 2. The van der Waals surface area contributed by atoms with Gasteiger partial charge in [0.1, 0.15) is 5.82 Å². The number of aliphatic imine (C=N–C) groups is 1. The van der Waals surface area contributed by atoms with E-state index in [4.69, 9.17) is 4.74 Å². The fourth-order valence-electron chi connectivity index (χ4n) is 1.78. The third kappa shape index (κ3) is 7.08. The van der Waals surface area contributed by atoms with Crippen LogP contribution in [0.2, 0.25) is 0 Å². The van der Waals surface area contributed by atoms with Gasteiger partial charge in [0.2, 0.25) is 0 Å². The first-order chi connectivity index (χ1) is 9.58. The SMILES string of the molecule is CN=C(NCCCOC)NC(C)c1ccc(C)c(F)c1.I. The molecule has 1 unspecified atom stereocenters. The summed E-state index contributed by atoms with van der Waals surface area (Å²) in [6, 6.07) is 5.26. The highest BCUT2D eigenvalue weighted by Gasteiger charge is 2.09. The van der Waals surface area contributed by atoms with Gasteiger partial charge in [-0.15, -0.1) is 24.0 Å². The summed E-state index contributed by atoms with van der Waals surface area (Å²) in [5, 5.41) is 6.43. The Morgan fingerprint density at radius 1 is 1.43 bits per heavy atom. The Hall–Kier alpha value is -0.890. The predicted molar refractivity (Wildman–Crippen MR) is 96.0 cm³/mol. The molecule has 0 aliphatic rings. The number of hydrogen-bond acceptors (Lipinski definition) is 2. The van der Waals surface area contributed by atoms with Crippen LogP contribution in [0.5, 0.6) is 0 Å². The number of guanidine groups is 1. The molecular weight excluding hydrogens is 384 g/mol. The highest BCUT2D eigenvalue weighted by molar-refractivity contribution is 14.0. The first kappa shape index (κ1) is 20.1. The molecule has 1 aromatic rings. The van der Waals surface area contributed by atoms with Gasteiger partial charge >= 0.3 is 0 Å². The molecule has 0 heterocycles. The van der Waals surface area contributed by atoms with E-state index >= 15 is 0 Å². The van der Waals surface area contributed by atoms with Gasteiger partial charge in [-0.3, -0.25) is 4.99 Å². The van der Waals surface area contributed by atoms with Gasteiger partial charge in [0, 0.05) is 27.3 Å². The Kier molecular flexibility index (Phi) is 10.3. The van der Waals surface area contributed by atoms with Crippen molar-refractivity contribution in [3.63, 3.8) is 0 Å². The Bertz CT molecular complexity index is 455. The molecule has 0 aliphatic carbocycles. The van der Waals surface area contributed by atoms with Gasteiger partial charge in [-0.1, -0.05) is 12.1 Å². The van der Waals surface area contributed by atoms with E-state index in [1.165, 1.54) is 0 Å². The monoisotopic (exact) mass is 409 g/mol. The van der Waals surface area contributed by atoms with Crippen LogP contribution in [0, 0.1) is 12.7 Å². The fraction of sp³-hybridized carbons (Fsp3) is 0.533. The number of nitrogens with zero attached hydrogens (tertiary/aromatic N) is 1.